The van der Waals surface area contributed by atoms with E-state index in [1.54, 1.807) is 0 Å². The Hall–Kier alpha value is -0.0800. The summed E-state index contributed by atoms with van der Waals surface area (Å²) in [6, 6.07) is 0. The van der Waals surface area contributed by atoms with Crippen LogP contribution >= 0.6 is 0 Å². The van der Waals surface area contributed by atoms with Gasteiger partial charge < -0.3 is 10.1 Å². The van der Waals surface area contributed by atoms with Crippen LogP contribution in [0.5, 0.6) is 0 Å². The van der Waals surface area contributed by atoms with Crippen LogP contribution in [0.4, 0.5) is 0 Å². The number of nitrogens with one attached hydrogen (secondary N) is 1. The molecular formula is C11H23NO. The van der Waals surface area contributed by atoms with Crippen LogP contribution in [-0.4, -0.2) is 25.8 Å². The molecule has 1 N–H and O–H groups in total. The van der Waals surface area contributed by atoms with Crippen molar-refractivity contribution >= 4 is 0 Å². The van der Waals surface area contributed by atoms with Gasteiger partial charge in [-0.3, -0.25) is 0 Å². The van der Waals surface area contributed by atoms with Crippen LogP contribution < -0.4 is 5.32 Å². The predicted octanol–water partition coefficient (Wildman–Crippen LogP) is 2.19. The summed E-state index contributed by atoms with van der Waals surface area (Å²) >= 11 is 0. The summed E-state index contributed by atoms with van der Waals surface area (Å²) in [5, 5.41) is 3.34. The van der Waals surface area contributed by atoms with Gasteiger partial charge in [-0.1, -0.05) is 0 Å². The summed E-state index contributed by atoms with van der Waals surface area (Å²) in [4.78, 5) is 0. The van der Waals surface area contributed by atoms with E-state index in [2.05, 4.69) is 19.2 Å². The molecule has 0 radical (unpaired) electrons. The highest BCUT2D eigenvalue weighted by molar-refractivity contribution is 4.77. The van der Waals surface area contributed by atoms with Crippen molar-refractivity contribution in [3.8, 4) is 0 Å². The van der Waals surface area contributed by atoms with Crippen LogP contribution in [0.25, 0.3) is 0 Å². The third-order valence-electron chi connectivity index (χ3n) is 3.11. The molecule has 1 unspecified atom stereocenters. The Morgan fingerprint density at radius 2 is 2.23 bits per heavy atom. The summed E-state index contributed by atoms with van der Waals surface area (Å²) in [5.74, 6) is 0.807. The normalized spacial score (nSPS) is 24.7. The smallest absolute Gasteiger partial charge is 0.0494 e. The maximum atomic E-state index is 5.46. The van der Waals surface area contributed by atoms with Gasteiger partial charge in [-0.2, -0.15) is 0 Å². The van der Waals surface area contributed by atoms with Crippen molar-refractivity contribution in [3.63, 3.8) is 0 Å². The Balaban J connectivity index is 2.17. The Morgan fingerprint density at radius 3 is 2.77 bits per heavy atom. The van der Waals surface area contributed by atoms with Crippen LogP contribution in [0.2, 0.25) is 0 Å². The molecule has 2 nitrogen and oxygen atoms in total. The average molecular weight is 185 g/mol. The molecule has 0 bridgehead atoms. The highest BCUT2D eigenvalue weighted by atomic mass is 16.5. The number of hydrogen-bond donors (Lipinski definition) is 1. The van der Waals surface area contributed by atoms with Crippen LogP contribution in [-0.2, 0) is 4.74 Å². The second-order valence-corrected chi connectivity index (χ2v) is 4.76. The first-order chi connectivity index (χ1) is 6.14. The molecule has 1 aliphatic heterocycles. The summed E-state index contributed by atoms with van der Waals surface area (Å²) in [6.45, 7) is 6.49. The molecule has 2 heteroatoms. The van der Waals surface area contributed by atoms with Gasteiger partial charge in [-0.15, -0.1) is 0 Å². The molecule has 0 aromatic heterocycles. The van der Waals surface area contributed by atoms with Gasteiger partial charge >= 0.3 is 0 Å². The van der Waals surface area contributed by atoms with Crippen LogP contribution in [0.3, 0.4) is 0 Å². The van der Waals surface area contributed by atoms with E-state index >= 15 is 0 Å². The fraction of sp³-hybridized carbons (Fsp3) is 1.00. The van der Waals surface area contributed by atoms with Crippen LogP contribution in [0.15, 0.2) is 0 Å². The van der Waals surface area contributed by atoms with Gasteiger partial charge in [-0.25, -0.2) is 0 Å². The van der Waals surface area contributed by atoms with Crippen LogP contribution in [0.1, 0.15) is 39.5 Å². The highest BCUT2D eigenvalue weighted by Gasteiger charge is 2.19. The maximum absolute atomic E-state index is 5.46. The largest absolute Gasteiger partial charge is 0.381 e. The molecule has 0 saturated carbocycles. The zero-order chi connectivity index (χ0) is 9.73. The van der Waals surface area contributed by atoms with Gasteiger partial charge in [0.05, 0.1) is 0 Å². The zero-order valence-electron chi connectivity index (χ0n) is 9.23. The molecule has 13 heavy (non-hydrogen) atoms. The molecule has 0 spiro atoms. The molecule has 0 aromatic rings. The van der Waals surface area contributed by atoms with Crippen molar-refractivity contribution in [2.24, 2.45) is 5.92 Å². The monoisotopic (exact) mass is 185 g/mol. The molecule has 1 atom stereocenters. The standard InChI is InChI=1S/C11H23NO/c1-11(2,12-3)7-6-10-5-4-8-13-9-10/h10,12H,4-9H2,1-3H3. The first-order valence-electron chi connectivity index (χ1n) is 5.41. The van der Waals surface area contributed by atoms with Gasteiger partial charge in [0.25, 0.3) is 0 Å². The summed E-state index contributed by atoms with van der Waals surface area (Å²) < 4.78 is 5.46. The molecule has 0 aromatic carbocycles. The van der Waals surface area contributed by atoms with E-state index in [0.29, 0.717) is 0 Å². The average Bonchev–Trinajstić information content (AvgIpc) is 2.17. The summed E-state index contributed by atoms with van der Waals surface area (Å²) in [7, 11) is 2.04. The summed E-state index contributed by atoms with van der Waals surface area (Å²) in [5.41, 5.74) is 0.289. The number of rotatable bonds is 4. The zero-order valence-corrected chi connectivity index (χ0v) is 9.23. The molecule has 78 valence electrons. The molecule has 1 fully saturated rings. The van der Waals surface area contributed by atoms with Crippen molar-refractivity contribution in [2.45, 2.75) is 45.1 Å². The van der Waals surface area contributed by atoms with Gasteiger partial charge in [0.1, 0.15) is 0 Å². The Labute approximate surface area is 82.0 Å². The van der Waals surface area contributed by atoms with Crippen molar-refractivity contribution in [2.75, 3.05) is 20.3 Å². The molecule has 1 rings (SSSR count). The Kier molecular flexibility index (Phi) is 4.20. The van der Waals surface area contributed by atoms with Crippen molar-refractivity contribution in [1.29, 1.82) is 0 Å². The molecule has 1 aliphatic rings. The third kappa shape index (κ3) is 4.10. The van der Waals surface area contributed by atoms with Gasteiger partial charge in [-0.05, 0) is 52.5 Å². The Bertz CT molecular complexity index is 139. The topological polar surface area (TPSA) is 21.3 Å². The van der Waals surface area contributed by atoms with E-state index in [1.807, 2.05) is 7.05 Å². The third-order valence-corrected chi connectivity index (χ3v) is 3.11. The highest BCUT2D eigenvalue weighted by Crippen LogP contribution is 2.22. The minimum Gasteiger partial charge on any atom is -0.381 e. The molecule has 0 aliphatic carbocycles. The first kappa shape index (κ1) is 11.0. The molecular weight excluding hydrogens is 162 g/mol. The van der Waals surface area contributed by atoms with Crippen LogP contribution in [0, 0.1) is 5.92 Å². The quantitative estimate of drug-likeness (QED) is 0.725. The van der Waals surface area contributed by atoms with E-state index in [-0.39, 0.29) is 5.54 Å². The van der Waals surface area contributed by atoms with E-state index in [1.165, 1.54) is 25.7 Å². The maximum Gasteiger partial charge on any atom is 0.0494 e. The number of ether oxygens (including phenoxy) is 1. The van der Waals surface area contributed by atoms with E-state index in [9.17, 15) is 0 Å². The van der Waals surface area contributed by atoms with E-state index in [0.717, 1.165) is 19.1 Å². The lowest BCUT2D eigenvalue weighted by atomic mass is 9.90. The van der Waals surface area contributed by atoms with Crippen molar-refractivity contribution in [1.82, 2.24) is 5.32 Å². The SMILES string of the molecule is CNC(C)(C)CCC1CCCOC1. The minimum absolute atomic E-state index is 0.289. The van der Waals surface area contributed by atoms with E-state index in [4.69, 9.17) is 4.74 Å². The second kappa shape index (κ2) is 4.97. The van der Waals surface area contributed by atoms with Crippen molar-refractivity contribution < 1.29 is 4.74 Å². The summed E-state index contributed by atoms with van der Waals surface area (Å²) in [6.07, 6.45) is 5.16. The lowest BCUT2D eigenvalue weighted by Crippen LogP contribution is -2.36. The minimum atomic E-state index is 0.289. The second-order valence-electron chi connectivity index (χ2n) is 4.76. The van der Waals surface area contributed by atoms with Crippen molar-refractivity contribution in [3.05, 3.63) is 0 Å². The van der Waals surface area contributed by atoms with E-state index < -0.39 is 0 Å². The fourth-order valence-corrected chi connectivity index (χ4v) is 1.73. The lowest BCUT2D eigenvalue weighted by Gasteiger charge is -2.28. The molecule has 0 amide bonds. The fourth-order valence-electron chi connectivity index (χ4n) is 1.73. The molecule has 1 heterocycles. The van der Waals surface area contributed by atoms with Gasteiger partial charge in [0.2, 0.25) is 0 Å². The van der Waals surface area contributed by atoms with Gasteiger partial charge in [0.15, 0.2) is 0 Å². The predicted molar refractivity (Wildman–Crippen MR) is 55.9 cm³/mol. The first-order valence-corrected chi connectivity index (χ1v) is 5.41. The molecule has 1 saturated heterocycles. The van der Waals surface area contributed by atoms with Gasteiger partial charge in [0, 0.05) is 18.8 Å². The number of hydrogen-bond acceptors (Lipinski definition) is 2. The Morgan fingerprint density at radius 1 is 1.46 bits per heavy atom. The lowest BCUT2D eigenvalue weighted by molar-refractivity contribution is 0.0484.